The monoisotopic (exact) mass is 377 g/mol. The summed E-state index contributed by atoms with van der Waals surface area (Å²) in [6.07, 6.45) is 4.66. The number of amides is 1. The number of thiazole rings is 1. The number of piperidine rings is 2. The maximum Gasteiger partial charge on any atom is 0.265 e. The minimum Gasteiger partial charge on any atom is -0.392 e. The molecule has 2 aliphatic rings. The lowest BCUT2D eigenvalue weighted by Gasteiger charge is -2.51. The fraction of sp³-hybridized carbons (Fsp3) is 0.700. The van der Waals surface area contributed by atoms with Crippen molar-refractivity contribution in [2.45, 2.75) is 53.1 Å². The second-order valence-corrected chi connectivity index (χ2v) is 9.36. The smallest absolute Gasteiger partial charge is 0.265 e. The standard InChI is InChI=1S/C20H31N3O2S/c1-14(2)6-10-22-11-7-17(24)20(12-22)8-5-9-23(13-20)19(25)18-15(3)21-16(4)26-18/h6,17,24H,5,7-13H2,1-4H3/t17-,20-/m1/s1. The molecular formula is C20H31N3O2S. The lowest BCUT2D eigenvalue weighted by atomic mass is 9.71. The molecule has 1 aromatic heterocycles. The zero-order valence-electron chi connectivity index (χ0n) is 16.4. The van der Waals surface area contributed by atoms with E-state index in [0.717, 1.165) is 61.0 Å². The number of aliphatic hydroxyl groups excluding tert-OH is 1. The van der Waals surface area contributed by atoms with Crippen molar-refractivity contribution >= 4 is 17.2 Å². The van der Waals surface area contributed by atoms with Gasteiger partial charge in [-0.25, -0.2) is 4.98 Å². The number of aryl methyl sites for hydroxylation is 2. The maximum absolute atomic E-state index is 13.1. The van der Waals surface area contributed by atoms with Gasteiger partial charge in [0, 0.05) is 38.1 Å². The molecule has 0 saturated carbocycles. The van der Waals surface area contributed by atoms with Gasteiger partial charge in [-0.1, -0.05) is 11.6 Å². The van der Waals surface area contributed by atoms with Gasteiger partial charge in [-0.3, -0.25) is 9.69 Å². The molecule has 1 aromatic rings. The first-order valence-corrected chi connectivity index (χ1v) is 10.4. The van der Waals surface area contributed by atoms with Crippen LogP contribution in [0.25, 0.3) is 0 Å². The molecular weight excluding hydrogens is 346 g/mol. The Labute approximate surface area is 160 Å². The van der Waals surface area contributed by atoms with Crippen LogP contribution in [-0.2, 0) is 0 Å². The summed E-state index contributed by atoms with van der Waals surface area (Å²) in [6, 6.07) is 0. The number of rotatable bonds is 3. The predicted octanol–water partition coefficient (Wildman–Crippen LogP) is 3.02. The molecule has 3 rings (SSSR count). The van der Waals surface area contributed by atoms with E-state index in [1.807, 2.05) is 18.7 Å². The summed E-state index contributed by atoms with van der Waals surface area (Å²) in [7, 11) is 0. The predicted molar refractivity (Wildman–Crippen MR) is 106 cm³/mol. The maximum atomic E-state index is 13.1. The number of allylic oxidation sites excluding steroid dienone is 1. The molecule has 1 N–H and O–H groups in total. The minimum absolute atomic E-state index is 0.0841. The number of carbonyl (C=O) groups excluding carboxylic acids is 1. The van der Waals surface area contributed by atoms with E-state index in [1.165, 1.54) is 16.9 Å². The second kappa shape index (κ2) is 7.79. The number of aromatic nitrogens is 1. The zero-order valence-corrected chi connectivity index (χ0v) is 17.2. The number of likely N-dealkylation sites (tertiary alicyclic amines) is 2. The minimum atomic E-state index is -0.328. The largest absolute Gasteiger partial charge is 0.392 e. The van der Waals surface area contributed by atoms with Crippen LogP contribution in [0.2, 0.25) is 0 Å². The van der Waals surface area contributed by atoms with Crippen LogP contribution < -0.4 is 0 Å². The van der Waals surface area contributed by atoms with Gasteiger partial charge in [-0.05, 0) is 47.0 Å². The van der Waals surface area contributed by atoms with Crippen molar-refractivity contribution in [2.75, 3.05) is 32.7 Å². The normalized spacial score (nSPS) is 27.0. The molecule has 6 heteroatoms. The lowest BCUT2D eigenvalue weighted by Crippen LogP contribution is -2.59. The lowest BCUT2D eigenvalue weighted by molar-refractivity contribution is -0.0762. The number of aliphatic hydroxyl groups is 1. The second-order valence-electron chi connectivity index (χ2n) is 8.16. The fourth-order valence-corrected chi connectivity index (χ4v) is 5.20. The third-order valence-electron chi connectivity index (χ3n) is 5.72. The molecule has 2 saturated heterocycles. The molecule has 2 atom stereocenters. The van der Waals surface area contributed by atoms with Crippen LogP contribution in [0.3, 0.4) is 0 Å². The molecule has 1 spiro atoms. The topological polar surface area (TPSA) is 56.7 Å². The Kier molecular flexibility index (Phi) is 5.85. The van der Waals surface area contributed by atoms with Gasteiger partial charge in [0.05, 0.1) is 16.8 Å². The van der Waals surface area contributed by atoms with Crippen molar-refractivity contribution in [1.29, 1.82) is 0 Å². The van der Waals surface area contributed by atoms with E-state index in [2.05, 4.69) is 29.8 Å². The Morgan fingerprint density at radius 1 is 1.35 bits per heavy atom. The highest BCUT2D eigenvalue weighted by Gasteiger charge is 2.46. The summed E-state index contributed by atoms with van der Waals surface area (Å²) in [5, 5.41) is 11.8. The Morgan fingerprint density at radius 2 is 2.12 bits per heavy atom. The average molecular weight is 378 g/mol. The number of carbonyl (C=O) groups is 1. The molecule has 26 heavy (non-hydrogen) atoms. The molecule has 3 heterocycles. The number of hydrogen-bond donors (Lipinski definition) is 1. The van der Waals surface area contributed by atoms with Crippen LogP contribution in [0.15, 0.2) is 11.6 Å². The van der Waals surface area contributed by atoms with Crippen molar-refractivity contribution in [3.8, 4) is 0 Å². The molecule has 0 aromatic carbocycles. The molecule has 5 nitrogen and oxygen atoms in total. The molecule has 144 valence electrons. The third-order valence-corrected chi connectivity index (χ3v) is 6.78. The van der Waals surface area contributed by atoms with Crippen LogP contribution in [0.1, 0.15) is 53.5 Å². The fourth-order valence-electron chi connectivity index (χ4n) is 4.32. The van der Waals surface area contributed by atoms with E-state index in [4.69, 9.17) is 0 Å². The van der Waals surface area contributed by atoms with Crippen molar-refractivity contribution in [3.63, 3.8) is 0 Å². The highest BCUT2D eigenvalue weighted by Crippen LogP contribution is 2.39. The van der Waals surface area contributed by atoms with E-state index < -0.39 is 0 Å². The van der Waals surface area contributed by atoms with Gasteiger partial charge in [-0.15, -0.1) is 11.3 Å². The highest BCUT2D eigenvalue weighted by atomic mass is 32.1. The molecule has 0 radical (unpaired) electrons. The Bertz CT molecular complexity index is 695. The van der Waals surface area contributed by atoms with Crippen LogP contribution in [0.4, 0.5) is 0 Å². The van der Waals surface area contributed by atoms with E-state index in [0.29, 0.717) is 6.54 Å². The summed E-state index contributed by atoms with van der Waals surface area (Å²) in [4.78, 5) is 22.6. The highest BCUT2D eigenvalue weighted by molar-refractivity contribution is 7.13. The zero-order chi connectivity index (χ0) is 18.9. The van der Waals surface area contributed by atoms with Crippen LogP contribution in [-0.4, -0.2) is 64.6 Å². The summed E-state index contributed by atoms with van der Waals surface area (Å²) >= 11 is 1.48. The molecule has 0 bridgehead atoms. The van der Waals surface area contributed by atoms with Crippen molar-refractivity contribution in [1.82, 2.24) is 14.8 Å². The van der Waals surface area contributed by atoms with Crippen molar-refractivity contribution in [2.24, 2.45) is 5.41 Å². The third kappa shape index (κ3) is 4.02. The van der Waals surface area contributed by atoms with Gasteiger partial charge in [0.15, 0.2) is 0 Å². The van der Waals surface area contributed by atoms with Gasteiger partial charge >= 0.3 is 0 Å². The molecule has 2 fully saturated rings. The summed E-state index contributed by atoms with van der Waals surface area (Å²) < 4.78 is 0. The quantitative estimate of drug-likeness (QED) is 0.823. The van der Waals surface area contributed by atoms with E-state index in [1.54, 1.807) is 0 Å². The molecule has 0 unspecified atom stereocenters. The Balaban J connectivity index is 1.76. The first-order valence-electron chi connectivity index (χ1n) is 9.58. The summed E-state index contributed by atoms with van der Waals surface area (Å²) in [5.41, 5.74) is 1.95. The van der Waals surface area contributed by atoms with Gasteiger partial charge in [0.2, 0.25) is 0 Å². The first kappa shape index (κ1) is 19.5. The summed E-state index contributed by atoms with van der Waals surface area (Å²) in [6.45, 7) is 12.2. The average Bonchev–Trinajstić information content (AvgIpc) is 2.94. The van der Waals surface area contributed by atoms with E-state index in [-0.39, 0.29) is 17.4 Å². The van der Waals surface area contributed by atoms with Gasteiger partial charge < -0.3 is 10.0 Å². The Morgan fingerprint density at radius 3 is 2.77 bits per heavy atom. The van der Waals surface area contributed by atoms with Crippen LogP contribution in [0, 0.1) is 19.3 Å². The van der Waals surface area contributed by atoms with Crippen molar-refractivity contribution < 1.29 is 9.90 Å². The van der Waals surface area contributed by atoms with E-state index >= 15 is 0 Å². The molecule has 1 amide bonds. The van der Waals surface area contributed by atoms with Crippen LogP contribution >= 0.6 is 11.3 Å². The van der Waals surface area contributed by atoms with Gasteiger partial charge in [-0.2, -0.15) is 0 Å². The van der Waals surface area contributed by atoms with Crippen LogP contribution in [0.5, 0.6) is 0 Å². The number of hydrogen-bond acceptors (Lipinski definition) is 5. The summed E-state index contributed by atoms with van der Waals surface area (Å²) in [5.74, 6) is 0.0841. The SMILES string of the molecule is CC(C)=CCN1CC[C@@H](O)[C@]2(CCCN(C(=O)c3sc(C)nc3C)C2)C1. The first-order chi connectivity index (χ1) is 12.3. The molecule has 2 aliphatic heterocycles. The number of nitrogens with zero attached hydrogens (tertiary/aromatic N) is 3. The molecule has 0 aliphatic carbocycles. The van der Waals surface area contributed by atoms with Crippen molar-refractivity contribution in [3.05, 3.63) is 27.2 Å². The van der Waals surface area contributed by atoms with Gasteiger partial charge in [0.25, 0.3) is 5.91 Å². The Hall–Kier alpha value is -1.24. The van der Waals surface area contributed by atoms with E-state index in [9.17, 15) is 9.90 Å². The van der Waals surface area contributed by atoms with Gasteiger partial charge in [0.1, 0.15) is 4.88 Å².